The number of thiol groups is 1. The molecule has 3 nitrogen and oxygen atoms in total. The lowest BCUT2D eigenvalue weighted by atomic mass is 10.0. The molecule has 0 aliphatic heterocycles. The summed E-state index contributed by atoms with van der Waals surface area (Å²) in [6, 6.07) is 0. The molecule has 0 aliphatic carbocycles. The summed E-state index contributed by atoms with van der Waals surface area (Å²) in [4.78, 5) is 0. The Balaban J connectivity index is 3.47. The SMILES string of the molecule is CCCCCCCCCCCCCC(S)CC(CC)S(=O)(=O)O. The molecule has 0 aromatic rings. The third-order valence-corrected chi connectivity index (χ3v) is 6.39. The van der Waals surface area contributed by atoms with Gasteiger partial charge < -0.3 is 0 Å². The Morgan fingerprint density at radius 3 is 1.65 bits per heavy atom. The smallest absolute Gasteiger partial charge is 0.267 e. The van der Waals surface area contributed by atoms with Crippen LogP contribution < -0.4 is 0 Å². The molecule has 0 aromatic heterocycles. The normalized spacial score (nSPS) is 14.8. The summed E-state index contributed by atoms with van der Waals surface area (Å²) in [6.07, 6.45) is 16.3. The first-order valence-corrected chi connectivity index (χ1v) is 11.6. The van der Waals surface area contributed by atoms with Crippen molar-refractivity contribution in [3.63, 3.8) is 0 Å². The maximum Gasteiger partial charge on any atom is 0.267 e. The number of unbranched alkanes of at least 4 members (excludes halogenated alkanes) is 10. The first-order chi connectivity index (χ1) is 10.9. The van der Waals surface area contributed by atoms with Gasteiger partial charge in [-0.2, -0.15) is 21.0 Å². The molecule has 23 heavy (non-hydrogen) atoms. The van der Waals surface area contributed by atoms with Crippen molar-refractivity contribution < 1.29 is 13.0 Å². The van der Waals surface area contributed by atoms with Crippen LogP contribution in [0.3, 0.4) is 0 Å². The van der Waals surface area contributed by atoms with Gasteiger partial charge in [0.15, 0.2) is 0 Å². The van der Waals surface area contributed by atoms with Gasteiger partial charge in [0.25, 0.3) is 10.1 Å². The van der Waals surface area contributed by atoms with Crippen molar-refractivity contribution >= 4 is 22.7 Å². The van der Waals surface area contributed by atoms with Gasteiger partial charge in [-0.25, -0.2) is 0 Å². The summed E-state index contributed by atoms with van der Waals surface area (Å²) >= 11 is 4.48. The molecule has 0 amide bonds. The lowest BCUT2D eigenvalue weighted by Gasteiger charge is -2.16. The summed E-state index contributed by atoms with van der Waals surface area (Å²) in [6.45, 7) is 4.04. The highest BCUT2D eigenvalue weighted by atomic mass is 32.2. The lowest BCUT2D eigenvalue weighted by molar-refractivity contribution is 0.454. The summed E-state index contributed by atoms with van der Waals surface area (Å²) < 4.78 is 31.5. The minimum atomic E-state index is -3.91. The molecule has 0 fully saturated rings. The fraction of sp³-hybridized carbons (Fsp3) is 1.00. The third kappa shape index (κ3) is 14.3. The zero-order valence-corrected chi connectivity index (χ0v) is 16.9. The predicted molar refractivity (Wildman–Crippen MR) is 104 cm³/mol. The topological polar surface area (TPSA) is 54.4 Å². The molecule has 140 valence electrons. The molecule has 2 atom stereocenters. The summed E-state index contributed by atoms with van der Waals surface area (Å²) in [5, 5.41) is -0.585. The van der Waals surface area contributed by atoms with Crippen LogP contribution >= 0.6 is 12.6 Å². The van der Waals surface area contributed by atoms with Crippen molar-refractivity contribution in [1.82, 2.24) is 0 Å². The molecule has 5 heteroatoms. The Hall–Kier alpha value is 0.260. The Kier molecular flexibility index (Phi) is 14.8. The molecule has 0 radical (unpaired) electrons. The molecule has 1 N–H and O–H groups in total. The molecule has 0 aromatic carbocycles. The molecule has 0 spiro atoms. The fourth-order valence-corrected chi connectivity index (χ4v) is 4.44. The second kappa shape index (κ2) is 14.6. The predicted octanol–water partition coefficient (Wildman–Crippen LogP) is 6.04. The Morgan fingerprint density at radius 2 is 1.26 bits per heavy atom. The average molecular weight is 367 g/mol. The number of hydrogen-bond donors (Lipinski definition) is 2. The van der Waals surface area contributed by atoms with E-state index < -0.39 is 15.4 Å². The van der Waals surface area contributed by atoms with Crippen molar-refractivity contribution in [3.8, 4) is 0 Å². The average Bonchev–Trinajstić information content (AvgIpc) is 2.49. The maximum atomic E-state index is 11.2. The molecule has 0 aliphatic rings. The van der Waals surface area contributed by atoms with Gasteiger partial charge in [0, 0.05) is 5.25 Å². The monoisotopic (exact) mass is 366 g/mol. The fourth-order valence-electron chi connectivity index (χ4n) is 2.96. The van der Waals surface area contributed by atoms with E-state index in [0.29, 0.717) is 12.8 Å². The van der Waals surface area contributed by atoms with Crippen LogP contribution in [0.5, 0.6) is 0 Å². The van der Waals surface area contributed by atoms with Gasteiger partial charge in [-0.3, -0.25) is 4.55 Å². The molecule has 0 rings (SSSR count). The van der Waals surface area contributed by atoms with Gasteiger partial charge in [0.05, 0.1) is 5.25 Å². The van der Waals surface area contributed by atoms with Gasteiger partial charge in [-0.15, -0.1) is 0 Å². The molecule has 0 saturated heterocycles. The minimum absolute atomic E-state index is 0.0699. The first-order valence-electron chi connectivity index (χ1n) is 9.56. The van der Waals surface area contributed by atoms with Crippen LogP contribution in [0.2, 0.25) is 0 Å². The van der Waals surface area contributed by atoms with Crippen LogP contribution in [0, 0.1) is 0 Å². The Labute approximate surface area is 150 Å². The highest BCUT2D eigenvalue weighted by Gasteiger charge is 2.23. The van der Waals surface area contributed by atoms with Crippen LogP contribution in [0.1, 0.15) is 104 Å². The quantitative estimate of drug-likeness (QED) is 0.199. The van der Waals surface area contributed by atoms with Crippen molar-refractivity contribution in [1.29, 1.82) is 0 Å². The highest BCUT2D eigenvalue weighted by molar-refractivity contribution is 7.86. The molecule has 2 unspecified atom stereocenters. The van der Waals surface area contributed by atoms with E-state index in [-0.39, 0.29) is 5.25 Å². The van der Waals surface area contributed by atoms with Gasteiger partial charge in [0.2, 0.25) is 0 Å². The van der Waals surface area contributed by atoms with Crippen molar-refractivity contribution in [2.24, 2.45) is 0 Å². The van der Waals surface area contributed by atoms with Gasteiger partial charge in [-0.1, -0.05) is 84.5 Å². The molecule has 0 heterocycles. The van der Waals surface area contributed by atoms with Crippen LogP contribution in [0.15, 0.2) is 0 Å². The molecular weight excluding hydrogens is 328 g/mol. The minimum Gasteiger partial charge on any atom is -0.285 e. The zero-order valence-electron chi connectivity index (χ0n) is 15.2. The Bertz CT molecular complexity index is 355. The van der Waals surface area contributed by atoms with Crippen LogP contribution in [0.25, 0.3) is 0 Å². The Morgan fingerprint density at radius 1 is 0.826 bits per heavy atom. The lowest BCUT2D eigenvalue weighted by Crippen LogP contribution is -2.23. The number of rotatable bonds is 16. The van der Waals surface area contributed by atoms with Crippen molar-refractivity contribution in [3.05, 3.63) is 0 Å². The van der Waals surface area contributed by atoms with E-state index in [0.717, 1.165) is 12.8 Å². The summed E-state index contributed by atoms with van der Waals surface area (Å²) in [7, 11) is -3.91. The molecule has 0 saturated carbocycles. The van der Waals surface area contributed by atoms with Crippen LogP contribution in [0.4, 0.5) is 0 Å². The van der Waals surface area contributed by atoms with E-state index in [9.17, 15) is 8.42 Å². The van der Waals surface area contributed by atoms with Crippen molar-refractivity contribution in [2.45, 2.75) is 114 Å². The summed E-state index contributed by atoms with van der Waals surface area (Å²) in [5.74, 6) is 0. The number of hydrogen-bond acceptors (Lipinski definition) is 3. The van der Waals surface area contributed by atoms with E-state index in [4.69, 9.17) is 4.55 Å². The second-order valence-electron chi connectivity index (χ2n) is 6.76. The third-order valence-electron chi connectivity index (χ3n) is 4.55. The van der Waals surface area contributed by atoms with E-state index in [1.807, 2.05) is 0 Å². The van der Waals surface area contributed by atoms with E-state index >= 15 is 0 Å². The van der Waals surface area contributed by atoms with Crippen molar-refractivity contribution in [2.75, 3.05) is 0 Å². The second-order valence-corrected chi connectivity index (χ2v) is 9.19. The maximum absolute atomic E-state index is 11.2. The van der Waals surface area contributed by atoms with Crippen LogP contribution in [-0.2, 0) is 10.1 Å². The molecular formula is C18H38O3S2. The van der Waals surface area contributed by atoms with Gasteiger partial charge in [0.1, 0.15) is 0 Å². The van der Waals surface area contributed by atoms with E-state index in [1.165, 1.54) is 64.2 Å². The largest absolute Gasteiger partial charge is 0.285 e. The van der Waals surface area contributed by atoms with Gasteiger partial charge in [-0.05, 0) is 19.3 Å². The first kappa shape index (κ1) is 23.3. The zero-order chi connectivity index (χ0) is 17.6. The molecule has 0 bridgehead atoms. The summed E-state index contributed by atoms with van der Waals surface area (Å²) in [5.41, 5.74) is 0. The van der Waals surface area contributed by atoms with Crippen LogP contribution in [-0.4, -0.2) is 23.5 Å². The van der Waals surface area contributed by atoms with Gasteiger partial charge >= 0.3 is 0 Å². The van der Waals surface area contributed by atoms with E-state index in [1.54, 1.807) is 6.92 Å². The van der Waals surface area contributed by atoms with E-state index in [2.05, 4.69) is 19.6 Å². The standard InChI is InChI=1S/C18H38O3S2/c1-3-5-6-7-8-9-10-11-12-13-14-15-17(22)16-18(4-2)23(19,20)21/h17-18,22H,3-16H2,1-2H3,(H,19,20,21). The highest BCUT2D eigenvalue weighted by Crippen LogP contribution is 2.20.